The van der Waals surface area contributed by atoms with Gasteiger partial charge in [-0.15, -0.1) is 0 Å². The van der Waals surface area contributed by atoms with Gasteiger partial charge in [0.1, 0.15) is 5.75 Å². The van der Waals surface area contributed by atoms with E-state index in [1.54, 1.807) is 36.4 Å². The number of benzene rings is 2. The zero-order valence-corrected chi connectivity index (χ0v) is 17.6. The third kappa shape index (κ3) is 6.88. The highest BCUT2D eigenvalue weighted by atomic mass is 79.9. The predicted molar refractivity (Wildman–Crippen MR) is 108 cm³/mol. The van der Waals surface area contributed by atoms with Crippen LogP contribution in [0.25, 0.3) is 0 Å². The molecule has 0 aliphatic carbocycles. The molecule has 0 heterocycles. The van der Waals surface area contributed by atoms with E-state index in [2.05, 4.69) is 21.2 Å². The van der Waals surface area contributed by atoms with Crippen LogP contribution in [0.15, 0.2) is 46.9 Å². The zero-order chi connectivity index (χ0) is 19.9. The fraction of sp³-hybridized carbons (Fsp3) is 0.316. The Morgan fingerprint density at radius 3 is 2.56 bits per heavy atom. The van der Waals surface area contributed by atoms with Gasteiger partial charge in [0.05, 0.1) is 19.5 Å². The lowest BCUT2D eigenvalue weighted by atomic mass is 10.2. The lowest BCUT2D eigenvalue weighted by Gasteiger charge is -2.11. The monoisotopic (exact) mass is 455 g/mol. The Labute approximate surface area is 167 Å². The molecule has 0 fully saturated rings. The lowest BCUT2D eigenvalue weighted by molar-refractivity contribution is -0.118. The summed E-state index contributed by atoms with van der Waals surface area (Å²) in [5.41, 5.74) is 1.42. The molecule has 146 valence electrons. The molecule has 0 atom stereocenters. The number of carbonyl (C=O) groups excluding carboxylic acids is 1. The van der Waals surface area contributed by atoms with Crippen molar-refractivity contribution in [3.63, 3.8) is 0 Å². The summed E-state index contributed by atoms with van der Waals surface area (Å²) in [7, 11) is -2.02. The number of halogens is 1. The second-order valence-electron chi connectivity index (χ2n) is 5.86. The summed E-state index contributed by atoms with van der Waals surface area (Å²) in [6.45, 7) is 2.60. The van der Waals surface area contributed by atoms with Crippen molar-refractivity contribution in [1.29, 1.82) is 0 Å². The summed E-state index contributed by atoms with van der Waals surface area (Å²) in [6, 6.07) is 12.3. The zero-order valence-electron chi connectivity index (χ0n) is 15.2. The Bertz CT molecular complexity index is 899. The van der Waals surface area contributed by atoms with Crippen molar-refractivity contribution in [1.82, 2.24) is 5.32 Å². The third-order valence-corrected chi connectivity index (χ3v) is 5.61. The first-order valence-electron chi connectivity index (χ1n) is 8.34. The van der Waals surface area contributed by atoms with Gasteiger partial charge < -0.3 is 14.8 Å². The molecule has 0 radical (unpaired) electrons. The lowest BCUT2D eigenvalue weighted by Crippen LogP contribution is -2.30. The van der Waals surface area contributed by atoms with Crippen LogP contribution in [0.4, 0.5) is 0 Å². The van der Waals surface area contributed by atoms with Crippen molar-refractivity contribution in [2.75, 3.05) is 19.5 Å². The molecular formula is C19H22BrNO5S. The minimum atomic E-state index is -3.56. The molecule has 1 amide bonds. The van der Waals surface area contributed by atoms with Crippen LogP contribution < -0.4 is 14.8 Å². The van der Waals surface area contributed by atoms with Gasteiger partial charge in [-0.2, -0.15) is 0 Å². The molecule has 0 aliphatic heterocycles. The minimum absolute atomic E-state index is 0.184. The van der Waals surface area contributed by atoms with Crippen molar-refractivity contribution >= 4 is 31.7 Å². The number of hydrogen-bond donors (Lipinski definition) is 1. The molecule has 0 aromatic heterocycles. The molecule has 8 heteroatoms. The van der Waals surface area contributed by atoms with E-state index in [-0.39, 0.29) is 12.3 Å². The van der Waals surface area contributed by atoms with Gasteiger partial charge in [-0.3, -0.25) is 4.79 Å². The largest absolute Gasteiger partial charge is 0.493 e. The number of methoxy groups -OCH3 is 1. The molecule has 2 aromatic rings. The highest BCUT2D eigenvalue weighted by Crippen LogP contribution is 2.27. The SMILES string of the molecule is CCOc1ccc(CNC(=O)CS(=O)(=O)Cc2cccc(Br)c2)cc1OC. The molecule has 0 saturated carbocycles. The number of nitrogens with one attached hydrogen (secondary N) is 1. The molecule has 27 heavy (non-hydrogen) atoms. The molecule has 0 spiro atoms. The summed E-state index contributed by atoms with van der Waals surface area (Å²) in [6.07, 6.45) is 0. The van der Waals surface area contributed by atoms with Gasteiger partial charge in [-0.1, -0.05) is 34.1 Å². The summed E-state index contributed by atoms with van der Waals surface area (Å²) >= 11 is 3.30. The Morgan fingerprint density at radius 1 is 1.11 bits per heavy atom. The Morgan fingerprint density at radius 2 is 1.89 bits per heavy atom. The average molecular weight is 456 g/mol. The van der Waals surface area contributed by atoms with Crippen LogP contribution in [0.5, 0.6) is 11.5 Å². The molecule has 2 rings (SSSR count). The topological polar surface area (TPSA) is 81.7 Å². The third-order valence-electron chi connectivity index (χ3n) is 3.64. The van der Waals surface area contributed by atoms with Gasteiger partial charge >= 0.3 is 0 Å². The first kappa shape index (κ1) is 21.2. The van der Waals surface area contributed by atoms with E-state index in [1.165, 1.54) is 7.11 Å². The Hall–Kier alpha value is -2.06. The maximum absolute atomic E-state index is 12.2. The summed E-state index contributed by atoms with van der Waals surface area (Å²) in [4.78, 5) is 12.1. The van der Waals surface area contributed by atoms with Gasteiger partial charge in [0.15, 0.2) is 21.3 Å². The summed E-state index contributed by atoms with van der Waals surface area (Å²) in [5, 5.41) is 2.63. The Balaban J connectivity index is 1.93. The number of hydrogen-bond acceptors (Lipinski definition) is 5. The van der Waals surface area contributed by atoms with E-state index in [1.807, 2.05) is 13.0 Å². The molecule has 0 unspecified atom stereocenters. The van der Waals surface area contributed by atoms with E-state index in [9.17, 15) is 13.2 Å². The fourth-order valence-electron chi connectivity index (χ4n) is 2.48. The number of ether oxygens (including phenoxy) is 2. The number of rotatable bonds is 9. The highest BCUT2D eigenvalue weighted by Gasteiger charge is 2.17. The molecule has 6 nitrogen and oxygen atoms in total. The van der Waals surface area contributed by atoms with E-state index in [4.69, 9.17) is 9.47 Å². The molecule has 0 aliphatic rings. The van der Waals surface area contributed by atoms with E-state index < -0.39 is 21.5 Å². The normalized spacial score (nSPS) is 11.1. The van der Waals surface area contributed by atoms with Crippen LogP contribution in [0.2, 0.25) is 0 Å². The quantitative estimate of drug-likeness (QED) is 0.627. The number of amides is 1. The van der Waals surface area contributed by atoms with Crippen LogP contribution in [-0.2, 0) is 26.9 Å². The van der Waals surface area contributed by atoms with Crippen LogP contribution in [-0.4, -0.2) is 33.8 Å². The first-order valence-corrected chi connectivity index (χ1v) is 11.0. The van der Waals surface area contributed by atoms with Gasteiger partial charge in [-0.05, 0) is 42.3 Å². The van der Waals surface area contributed by atoms with Crippen molar-refractivity contribution in [3.8, 4) is 11.5 Å². The van der Waals surface area contributed by atoms with Crippen molar-refractivity contribution < 1.29 is 22.7 Å². The van der Waals surface area contributed by atoms with Crippen molar-refractivity contribution in [2.24, 2.45) is 0 Å². The van der Waals surface area contributed by atoms with Crippen LogP contribution in [0.3, 0.4) is 0 Å². The number of sulfone groups is 1. The van der Waals surface area contributed by atoms with Gasteiger partial charge in [-0.25, -0.2) is 8.42 Å². The standard InChI is InChI=1S/C19H22BrNO5S/c1-3-26-17-8-7-14(10-18(17)25-2)11-21-19(22)13-27(23,24)12-15-5-4-6-16(20)9-15/h4-10H,3,11-13H2,1-2H3,(H,21,22). The van der Waals surface area contributed by atoms with Gasteiger partial charge in [0, 0.05) is 11.0 Å². The second kappa shape index (κ2) is 9.75. The van der Waals surface area contributed by atoms with Crippen LogP contribution >= 0.6 is 15.9 Å². The van der Waals surface area contributed by atoms with Crippen molar-refractivity contribution in [3.05, 3.63) is 58.1 Å². The highest BCUT2D eigenvalue weighted by molar-refractivity contribution is 9.10. The van der Waals surface area contributed by atoms with Crippen LogP contribution in [0, 0.1) is 0 Å². The maximum Gasteiger partial charge on any atom is 0.235 e. The molecule has 0 bridgehead atoms. The van der Waals surface area contributed by atoms with Crippen molar-refractivity contribution in [2.45, 2.75) is 19.2 Å². The Kier molecular flexibility index (Phi) is 7.67. The van der Waals surface area contributed by atoms with Gasteiger partial charge in [0.2, 0.25) is 5.91 Å². The second-order valence-corrected chi connectivity index (χ2v) is 8.84. The molecular weight excluding hydrogens is 434 g/mol. The van der Waals surface area contributed by atoms with E-state index >= 15 is 0 Å². The van der Waals surface area contributed by atoms with Gasteiger partial charge in [0.25, 0.3) is 0 Å². The van der Waals surface area contributed by atoms with Crippen LogP contribution in [0.1, 0.15) is 18.1 Å². The minimum Gasteiger partial charge on any atom is -0.493 e. The first-order chi connectivity index (χ1) is 12.8. The fourth-order valence-corrected chi connectivity index (χ4v) is 4.22. The average Bonchev–Trinajstić information content (AvgIpc) is 2.60. The van der Waals surface area contributed by atoms with E-state index in [0.29, 0.717) is 23.7 Å². The summed E-state index contributed by atoms with van der Waals surface area (Å²) < 4.78 is 36.0. The summed E-state index contributed by atoms with van der Waals surface area (Å²) in [5.74, 6) is -0.111. The van der Waals surface area contributed by atoms with E-state index in [0.717, 1.165) is 10.0 Å². The predicted octanol–water partition coefficient (Wildman–Crippen LogP) is 3.09. The molecule has 2 aromatic carbocycles. The molecule has 0 saturated heterocycles. The molecule has 1 N–H and O–H groups in total. The maximum atomic E-state index is 12.2. The number of carbonyl (C=O) groups is 1. The smallest absolute Gasteiger partial charge is 0.235 e.